The number of hydrogen-bond acceptors (Lipinski definition) is 4. The quantitative estimate of drug-likeness (QED) is 0.878. The molecule has 0 aliphatic carbocycles. The summed E-state index contributed by atoms with van der Waals surface area (Å²) in [6.45, 7) is 2.98. The minimum atomic E-state index is -0.284. The molecule has 2 aromatic rings. The summed E-state index contributed by atoms with van der Waals surface area (Å²) in [6, 6.07) is 6.66. The molecule has 1 aromatic heterocycles. The Kier molecular flexibility index (Phi) is 3.40. The van der Waals surface area contributed by atoms with Gasteiger partial charge < -0.3 is 10.6 Å². The molecule has 0 amide bonds. The van der Waals surface area contributed by atoms with Crippen molar-refractivity contribution < 1.29 is 4.39 Å². The summed E-state index contributed by atoms with van der Waals surface area (Å²) in [4.78, 5) is 6.57. The van der Waals surface area contributed by atoms with Crippen LogP contribution in [-0.2, 0) is 0 Å². The number of nitrogens with one attached hydrogen (secondary N) is 1. The molecule has 0 spiro atoms. The molecular weight excluding hydrogens is 257 g/mol. The summed E-state index contributed by atoms with van der Waals surface area (Å²) in [5.41, 5.74) is 6.78. The molecule has 20 heavy (non-hydrogen) atoms. The molecule has 0 saturated carbocycles. The zero-order valence-corrected chi connectivity index (χ0v) is 11.4. The lowest BCUT2D eigenvalue weighted by atomic mass is 9.99. The van der Waals surface area contributed by atoms with Crippen LogP contribution in [0.25, 0.3) is 11.4 Å². The Morgan fingerprint density at radius 3 is 3.10 bits per heavy atom. The van der Waals surface area contributed by atoms with E-state index in [9.17, 15) is 4.39 Å². The van der Waals surface area contributed by atoms with Crippen LogP contribution >= 0.6 is 0 Å². The molecule has 5 nitrogen and oxygen atoms in total. The first kappa shape index (κ1) is 13.1. The maximum Gasteiger partial charge on any atom is 0.245 e. The number of benzene rings is 1. The van der Waals surface area contributed by atoms with Crippen LogP contribution in [-0.4, -0.2) is 33.8 Å². The summed E-state index contributed by atoms with van der Waals surface area (Å²) in [6.07, 6.45) is 2.06. The Morgan fingerprint density at radius 1 is 1.45 bits per heavy atom. The molecule has 2 heterocycles. The first-order chi connectivity index (χ1) is 9.65. The van der Waals surface area contributed by atoms with E-state index in [2.05, 4.69) is 27.0 Å². The lowest BCUT2D eigenvalue weighted by Gasteiger charge is -2.36. The second kappa shape index (κ2) is 5.20. The fourth-order valence-electron chi connectivity index (χ4n) is 2.60. The van der Waals surface area contributed by atoms with Crippen molar-refractivity contribution in [2.75, 3.05) is 11.4 Å². The van der Waals surface area contributed by atoms with Gasteiger partial charge in [-0.2, -0.15) is 4.98 Å². The number of nitrogens with two attached hydrogens (primary N) is 1. The van der Waals surface area contributed by atoms with Crippen molar-refractivity contribution >= 4 is 5.95 Å². The minimum absolute atomic E-state index is 0.139. The third-order valence-corrected chi connectivity index (χ3v) is 3.88. The molecule has 1 aliphatic rings. The fraction of sp³-hybridized carbons (Fsp3) is 0.429. The first-order valence-electron chi connectivity index (χ1n) is 6.86. The third-order valence-electron chi connectivity index (χ3n) is 3.88. The molecule has 106 valence electrons. The van der Waals surface area contributed by atoms with Crippen molar-refractivity contribution in [3.8, 4) is 11.4 Å². The van der Waals surface area contributed by atoms with E-state index in [-0.39, 0.29) is 17.9 Å². The summed E-state index contributed by atoms with van der Waals surface area (Å²) < 4.78 is 13.2. The van der Waals surface area contributed by atoms with Crippen molar-refractivity contribution in [2.45, 2.75) is 31.8 Å². The molecule has 3 rings (SSSR count). The van der Waals surface area contributed by atoms with Crippen LogP contribution in [0, 0.1) is 5.82 Å². The van der Waals surface area contributed by atoms with Crippen molar-refractivity contribution in [1.82, 2.24) is 15.2 Å². The van der Waals surface area contributed by atoms with E-state index in [0.717, 1.165) is 19.4 Å². The van der Waals surface area contributed by atoms with Crippen LogP contribution in [0.2, 0.25) is 0 Å². The van der Waals surface area contributed by atoms with Gasteiger partial charge in [-0.05, 0) is 31.9 Å². The molecule has 6 heteroatoms. The van der Waals surface area contributed by atoms with Gasteiger partial charge in [0.2, 0.25) is 5.95 Å². The Balaban J connectivity index is 1.86. The lowest BCUT2D eigenvalue weighted by Crippen LogP contribution is -2.50. The molecule has 0 bridgehead atoms. The summed E-state index contributed by atoms with van der Waals surface area (Å²) in [5, 5.41) is 7.11. The number of piperidine rings is 1. The molecule has 1 aliphatic heterocycles. The van der Waals surface area contributed by atoms with Crippen LogP contribution in [0.1, 0.15) is 19.8 Å². The number of rotatable bonds is 2. The van der Waals surface area contributed by atoms with Crippen LogP contribution in [0.15, 0.2) is 24.3 Å². The van der Waals surface area contributed by atoms with Gasteiger partial charge in [-0.15, -0.1) is 5.10 Å². The maximum atomic E-state index is 13.2. The Hall–Kier alpha value is -1.95. The second-order valence-corrected chi connectivity index (χ2v) is 5.23. The van der Waals surface area contributed by atoms with Crippen LogP contribution in [0.4, 0.5) is 10.3 Å². The zero-order valence-electron chi connectivity index (χ0n) is 11.4. The van der Waals surface area contributed by atoms with Crippen LogP contribution in [0.3, 0.4) is 0 Å². The number of hydrogen-bond donors (Lipinski definition) is 2. The monoisotopic (exact) mass is 275 g/mol. The van der Waals surface area contributed by atoms with Crippen molar-refractivity contribution in [3.05, 3.63) is 30.1 Å². The van der Waals surface area contributed by atoms with Gasteiger partial charge in [0.05, 0.1) is 0 Å². The second-order valence-electron chi connectivity index (χ2n) is 5.23. The summed E-state index contributed by atoms with van der Waals surface area (Å²) in [7, 11) is 0. The van der Waals surface area contributed by atoms with Gasteiger partial charge in [0.15, 0.2) is 5.82 Å². The van der Waals surface area contributed by atoms with E-state index in [4.69, 9.17) is 5.73 Å². The lowest BCUT2D eigenvalue weighted by molar-refractivity contribution is 0.416. The first-order valence-corrected chi connectivity index (χ1v) is 6.86. The van der Waals surface area contributed by atoms with Gasteiger partial charge in [-0.3, -0.25) is 5.10 Å². The Morgan fingerprint density at radius 2 is 2.30 bits per heavy atom. The fourth-order valence-corrected chi connectivity index (χ4v) is 2.60. The molecule has 2 atom stereocenters. The van der Waals surface area contributed by atoms with Gasteiger partial charge in [-0.1, -0.05) is 12.1 Å². The highest BCUT2D eigenvalue weighted by Gasteiger charge is 2.27. The number of anilines is 1. The van der Waals surface area contributed by atoms with E-state index in [0.29, 0.717) is 17.3 Å². The van der Waals surface area contributed by atoms with Gasteiger partial charge in [-0.25, -0.2) is 4.39 Å². The van der Waals surface area contributed by atoms with Crippen molar-refractivity contribution in [1.29, 1.82) is 0 Å². The number of halogens is 1. The number of aromatic amines is 1. The third kappa shape index (κ3) is 2.38. The Labute approximate surface area is 117 Å². The number of aromatic nitrogens is 3. The van der Waals surface area contributed by atoms with Gasteiger partial charge in [0.25, 0.3) is 0 Å². The van der Waals surface area contributed by atoms with E-state index in [1.807, 2.05) is 0 Å². The highest BCUT2D eigenvalue weighted by atomic mass is 19.1. The summed E-state index contributed by atoms with van der Waals surface area (Å²) in [5.74, 6) is 0.923. The molecule has 1 saturated heterocycles. The maximum absolute atomic E-state index is 13.2. The SMILES string of the molecule is CC1C(N)CCCN1c1n[nH]c(-c2cccc(F)c2)n1. The number of nitrogens with zero attached hydrogens (tertiary/aromatic N) is 3. The van der Waals surface area contributed by atoms with Crippen LogP contribution < -0.4 is 10.6 Å². The summed E-state index contributed by atoms with van der Waals surface area (Å²) >= 11 is 0. The highest BCUT2D eigenvalue weighted by molar-refractivity contribution is 5.56. The predicted octanol–water partition coefficient (Wildman–Crippen LogP) is 1.93. The van der Waals surface area contributed by atoms with Crippen molar-refractivity contribution in [2.24, 2.45) is 5.73 Å². The normalized spacial score (nSPS) is 23.1. The van der Waals surface area contributed by atoms with E-state index >= 15 is 0 Å². The standard InChI is InChI=1S/C14H18FN5/c1-9-12(16)6-3-7-20(9)14-17-13(18-19-14)10-4-2-5-11(15)8-10/h2,4-5,8-9,12H,3,6-7,16H2,1H3,(H,17,18,19). The molecule has 0 radical (unpaired) electrons. The molecule has 1 fully saturated rings. The van der Waals surface area contributed by atoms with Crippen molar-refractivity contribution in [3.63, 3.8) is 0 Å². The van der Waals surface area contributed by atoms with Crippen LogP contribution in [0.5, 0.6) is 0 Å². The minimum Gasteiger partial charge on any atom is -0.335 e. The Bertz CT molecular complexity index is 597. The molecular formula is C14H18FN5. The molecule has 3 N–H and O–H groups in total. The average molecular weight is 275 g/mol. The highest BCUT2D eigenvalue weighted by Crippen LogP contribution is 2.23. The topological polar surface area (TPSA) is 70.8 Å². The predicted molar refractivity (Wildman–Crippen MR) is 75.8 cm³/mol. The van der Waals surface area contributed by atoms with Gasteiger partial charge in [0.1, 0.15) is 5.82 Å². The number of H-pyrrole nitrogens is 1. The zero-order chi connectivity index (χ0) is 14.1. The van der Waals surface area contributed by atoms with Gasteiger partial charge in [0, 0.05) is 24.2 Å². The molecule has 2 unspecified atom stereocenters. The average Bonchev–Trinajstić information content (AvgIpc) is 2.91. The van der Waals surface area contributed by atoms with E-state index in [1.165, 1.54) is 12.1 Å². The smallest absolute Gasteiger partial charge is 0.245 e. The van der Waals surface area contributed by atoms with Gasteiger partial charge >= 0.3 is 0 Å². The molecule has 1 aromatic carbocycles. The van der Waals surface area contributed by atoms with E-state index < -0.39 is 0 Å². The largest absolute Gasteiger partial charge is 0.335 e. The van der Waals surface area contributed by atoms with E-state index in [1.54, 1.807) is 12.1 Å².